The summed E-state index contributed by atoms with van der Waals surface area (Å²) < 4.78 is 28.5. The van der Waals surface area contributed by atoms with Crippen LogP contribution < -0.4 is 4.72 Å². The Hall–Kier alpha value is -2.93. The fourth-order valence-electron chi connectivity index (χ4n) is 2.14. The average Bonchev–Trinajstić information content (AvgIpc) is 3.01. The number of hydrogen-bond donors (Lipinski definition) is 1. The van der Waals surface area contributed by atoms with E-state index in [0.717, 1.165) is 16.8 Å². The normalized spacial score (nSPS) is 11.7. The zero-order valence-electron chi connectivity index (χ0n) is 13.0. The molecular weight excluding hydrogens is 324 g/mol. The van der Waals surface area contributed by atoms with E-state index in [-0.39, 0.29) is 0 Å². The van der Waals surface area contributed by atoms with Crippen LogP contribution in [0.5, 0.6) is 0 Å². The van der Waals surface area contributed by atoms with E-state index in [2.05, 4.69) is 14.7 Å². The smallest absolute Gasteiger partial charge is 0.255 e. The number of rotatable bonds is 5. The van der Waals surface area contributed by atoms with E-state index in [1.165, 1.54) is 6.20 Å². The molecule has 6 nitrogen and oxygen atoms in total. The molecule has 0 aliphatic heterocycles. The van der Waals surface area contributed by atoms with Crippen LogP contribution in [0.4, 0.5) is 5.69 Å². The summed E-state index contributed by atoms with van der Waals surface area (Å²) in [6.45, 7) is 1.87. The lowest BCUT2D eigenvalue weighted by Gasteiger charge is -2.07. The molecule has 122 valence electrons. The second-order valence-electron chi connectivity index (χ2n) is 5.11. The second kappa shape index (κ2) is 6.67. The van der Waals surface area contributed by atoms with Crippen LogP contribution in [0.3, 0.4) is 0 Å². The van der Waals surface area contributed by atoms with Crippen LogP contribution in [0.25, 0.3) is 11.9 Å². The minimum Gasteiger partial charge on any atom is -0.288 e. The predicted octanol–water partition coefficient (Wildman–Crippen LogP) is 2.99. The minimum atomic E-state index is -3.60. The zero-order valence-corrected chi connectivity index (χ0v) is 13.8. The number of anilines is 1. The van der Waals surface area contributed by atoms with Gasteiger partial charge in [-0.2, -0.15) is 0 Å². The summed E-state index contributed by atoms with van der Waals surface area (Å²) in [5.74, 6) is 1.48. The summed E-state index contributed by atoms with van der Waals surface area (Å²) in [7, 11) is -3.60. The maximum Gasteiger partial charge on any atom is 0.255 e. The Bertz CT molecular complexity index is 946. The molecular formula is C17H16N4O2S. The highest BCUT2D eigenvalue weighted by molar-refractivity contribution is 7.95. The van der Waals surface area contributed by atoms with Gasteiger partial charge in [-0.1, -0.05) is 30.3 Å². The van der Waals surface area contributed by atoms with E-state index >= 15 is 0 Å². The van der Waals surface area contributed by atoms with Crippen molar-refractivity contribution in [3.63, 3.8) is 0 Å². The molecule has 0 bridgehead atoms. The number of nitrogens with one attached hydrogen (secondary N) is 1. The Balaban J connectivity index is 1.73. The SMILES string of the molecule is Cc1nccn1-c1ccc(NS(=O)(=O)C=Cc2ccccc2)cn1. The largest absolute Gasteiger partial charge is 0.288 e. The Morgan fingerprint density at radius 3 is 2.50 bits per heavy atom. The lowest BCUT2D eigenvalue weighted by molar-refractivity contribution is 0.609. The number of imidazole rings is 1. The van der Waals surface area contributed by atoms with Gasteiger partial charge in [-0.3, -0.25) is 9.29 Å². The first-order valence-corrected chi connectivity index (χ1v) is 8.80. The highest BCUT2D eigenvalue weighted by Gasteiger charge is 2.07. The minimum absolute atomic E-state index is 0.397. The average molecular weight is 340 g/mol. The van der Waals surface area contributed by atoms with Gasteiger partial charge in [-0.25, -0.2) is 18.4 Å². The molecule has 3 rings (SSSR count). The van der Waals surface area contributed by atoms with Gasteiger partial charge >= 0.3 is 0 Å². The van der Waals surface area contributed by atoms with Crippen molar-refractivity contribution in [1.82, 2.24) is 14.5 Å². The van der Waals surface area contributed by atoms with Crippen molar-refractivity contribution in [2.24, 2.45) is 0 Å². The van der Waals surface area contributed by atoms with Crippen LogP contribution in [0, 0.1) is 6.92 Å². The molecule has 7 heteroatoms. The predicted molar refractivity (Wildman–Crippen MR) is 94.1 cm³/mol. The van der Waals surface area contributed by atoms with E-state index in [4.69, 9.17) is 0 Å². The first-order chi connectivity index (χ1) is 11.5. The molecule has 0 spiro atoms. The van der Waals surface area contributed by atoms with Crippen molar-refractivity contribution in [3.05, 3.63) is 77.9 Å². The van der Waals surface area contributed by atoms with Gasteiger partial charge in [-0.05, 0) is 30.7 Å². The molecule has 0 fully saturated rings. The van der Waals surface area contributed by atoms with E-state index in [9.17, 15) is 8.42 Å². The summed E-state index contributed by atoms with van der Waals surface area (Å²) in [5, 5.41) is 1.14. The number of hydrogen-bond acceptors (Lipinski definition) is 4. The summed E-state index contributed by atoms with van der Waals surface area (Å²) in [6.07, 6.45) is 6.49. The maximum absolute atomic E-state index is 12.1. The van der Waals surface area contributed by atoms with Crippen LogP contribution >= 0.6 is 0 Å². The number of aryl methyl sites for hydroxylation is 1. The number of benzene rings is 1. The molecule has 24 heavy (non-hydrogen) atoms. The van der Waals surface area contributed by atoms with Gasteiger partial charge in [0, 0.05) is 12.4 Å². The molecule has 1 N–H and O–H groups in total. The van der Waals surface area contributed by atoms with Gasteiger partial charge in [0.2, 0.25) is 0 Å². The molecule has 2 heterocycles. The van der Waals surface area contributed by atoms with Crippen molar-refractivity contribution in [1.29, 1.82) is 0 Å². The lowest BCUT2D eigenvalue weighted by Crippen LogP contribution is -2.09. The number of pyridine rings is 1. The molecule has 0 saturated carbocycles. The van der Waals surface area contributed by atoms with Crippen molar-refractivity contribution in [2.45, 2.75) is 6.92 Å². The van der Waals surface area contributed by atoms with Gasteiger partial charge in [0.1, 0.15) is 11.6 Å². The van der Waals surface area contributed by atoms with Crippen LogP contribution in [0.1, 0.15) is 11.4 Å². The molecule has 0 saturated heterocycles. The fraction of sp³-hybridized carbons (Fsp3) is 0.0588. The van der Waals surface area contributed by atoms with Gasteiger partial charge < -0.3 is 0 Å². The zero-order chi connectivity index (χ0) is 17.0. The molecule has 0 unspecified atom stereocenters. The van der Waals surface area contributed by atoms with E-state index in [0.29, 0.717) is 11.5 Å². The fourth-order valence-corrected chi connectivity index (χ4v) is 2.99. The van der Waals surface area contributed by atoms with Gasteiger partial charge in [0.25, 0.3) is 10.0 Å². The first-order valence-electron chi connectivity index (χ1n) is 7.26. The van der Waals surface area contributed by atoms with Gasteiger partial charge in [-0.15, -0.1) is 0 Å². The summed E-state index contributed by atoms with van der Waals surface area (Å²) >= 11 is 0. The van der Waals surface area contributed by atoms with E-state index in [1.54, 1.807) is 30.6 Å². The van der Waals surface area contributed by atoms with Crippen LogP contribution in [-0.4, -0.2) is 23.0 Å². The highest BCUT2D eigenvalue weighted by atomic mass is 32.2. The monoisotopic (exact) mass is 340 g/mol. The third kappa shape index (κ3) is 3.88. The summed E-state index contributed by atoms with van der Waals surface area (Å²) in [5.41, 5.74) is 1.21. The third-order valence-electron chi connectivity index (χ3n) is 3.32. The van der Waals surface area contributed by atoms with Crippen molar-refractivity contribution in [2.75, 3.05) is 4.72 Å². The summed E-state index contributed by atoms with van der Waals surface area (Å²) in [4.78, 5) is 8.39. The van der Waals surface area contributed by atoms with E-state index < -0.39 is 10.0 Å². The second-order valence-corrected chi connectivity index (χ2v) is 6.68. The first kappa shape index (κ1) is 15.9. The van der Waals surface area contributed by atoms with Crippen molar-refractivity contribution < 1.29 is 8.42 Å². The van der Waals surface area contributed by atoms with Gasteiger partial charge in [0.05, 0.1) is 17.3 Å². The van der Waals surface area contributed by atoms with Crippen LogP contribution in [0.15, 0.2) is 66.5 Å². The molecule has 0 atom stereocenters. The standard InChI is InChI=1S/C17H16N4O2S/c1-14-18-10-11-21(14)17-8-7-16(13-19-17)20-24(22,23)12-9-15-5-3-2-4-6-15/h2-13,20H,1H3. The Labute approximate surface area is 140 Å². The number of aromatic nitrogens is 3. The number of sulfonamides is 1. The quantitative estimate of drug-likeness (QED) is 0.774. The topological polar surface area (TPSA) is 76.9 Å². The summed E-state index contributed by atoms with van der Waals surface area (Å²) in [6, 6.07) is 12.6. The maximum atomic E-state index is 12.1. The number of nitrogens with zero attached hydrogens (tertiary/aromatic N) is 3. The molecule has 0 aliphatic rings. The third-order valence-corrected chi connectivity index (χ3v) is 4.33. The Morgan fingerprint density at radius 2 is 1.88 bits per heavy atom. The van der Waals surface area contributed by atoms with Gasteiger partial charge in [0.15, 0.2) is 0 Å². The van der Waals surface area contributed by atoms with E-state index in [1.807, 2.05) is 41.8 Å². The molecule has 0 aliphatic carbocycles. The van der Waals surface area contributed by atoms with Crippen LogP contribution in [-0.2, 0) is 10.0 Å². The lowest BCUT2D eigenvalue weighted by atomic mass is 10.2. The Morgan fingerprint density at radius 1 is 1.08 bits per heavy atom. The molecule has 0 radical (unpaired) electrons. The molecule has 3 aromatic rings. The van der Waals surface area contributed by atoms with Crippen LogP contribution in [0.2, 0.25) is 0 Å². The van der Waals surface area contributed by atoms with Crippen molar-refractivity contribution >= 4 is 21.8 Å². The molecule has 0 amide bonds. The Kier molecular flexibility index (Phi) is 4.43. The highest BCUT2D eigenvalue weighted by Crippen LogP contribution is 2.13. The molecule has 1 aromatic carbocycles. The molecule has 2 aromatic heterocycles. The van der Waals surface area contributed by atoms with Crippen molar-refractivity contribution in [3.8, 4) is 5.82 Å².